The Morgan fingerprint density at radius 3 is 2.60 bits per heavy atom. The largest absolute Gasteiger partial charge is 0.158 e. The first-order valence-corrected chi connectivity index (χ1v) is 7.12. The minimum Gasteiger partial charge on any atom is -0.158 e. The fourth-order valence-corrected chi connectivity index (χ4v) is 2.53. The molecule has 0 amide bonds. The number of benzene rings is 1. The van der Waals surface area contributed by atoms with Gasteiger partial charge in [-0.2, -0.15) is 11.8 Å². The summed E-state index contributed by atoms with van der Waals surface area (Å²) < 4.78 is 0. The van der Waals surface area contributed by atoms with Crippen molar-refractivity contribution in [1.82, 2.24) is 0 Å². The Labute approximate surface area is 102 Å². The van der Waals surface area contributed by atoms with E-state index in [-0.39, 0.29) is 0 Å². The molecule has 0 N–H and O–H groups in total. The van der Waals surface area contributed by atoms with Crippen molar-refractivity contribution >= 4 is 23.4 Å². The summed E-state index contributed by atoms with van der Waals surface area (Å²) >= 11 is 7.72. The van der Waals surface area contributed by atoms with E-state index in [1.807, 2.05) is 11.8 Å². The monoisotopic (exact) mass is 242 g/mol. The molecular weight excluding hydrogens is 224 g/mol. The fourth-order valence-electron chi connectivity index (χ4n) is 1.40. The first-order chi connectivity index (χ1) is 7.33. The van der Waals surface area contributed by atoms with E-state index in [2.05, 4.69) is 37.3 Å². The number of hydrogen-bond donors (Lipinski definition) is 0. The minimum absolute atomic E-state index is 0.600. The summed E-state index contributed by atoms with van der Waals surface area (Å²) in [5.41, 5.74) is 1.45. The summed E-state index contributed by atoms with van der Waals surface area (Å²) in [7, 11) is 0. The number of alkyl halides is 1. The van der Waals surface area contributed by atoms with Crippen molar-refractivity contribution in [3.63, 3.8) is 0 Å². The lowest BCUT2D eigenvalue weighted by molar-refractivity contribution is 0.801. The number of unbranched alkanes of at least 4 members (excludes halogenated alkanes) is 1. The third kappa shape index (κ3) is 6.11. The fraction of sp³-hybridized carbons (Fsp3) is 0.538. The lowest BCUT2D eigenvalue weighted by Crippen LogP contribution is -1.98. The second-order valence-electron chi connectivity index (χ2n) is 3.78. The van der Waals surface area contributed by atoms with Crippen LogP contribution in [0.2, 0.25) is 0 Å². The molecule has 0 nitrogen and oxygen atoms in total. The molecule has 0 spiro atoms. The maximum atomic E-state index is 5.74. The van der Waals surface area contributed by atoms with Crippen LogP contribution in [-0.4, -0.2) is 16.9 Å². The Morgan fingerprint density at radius 1 is 1.20 bits per heavy atom. The highest BCUT2D eigenvalue weighted by molar-refractivity contribution is 7.99. The molecule has 1 aromatic rings. The van der Waals surface area contributed by atoms with Gasteiger partial charge in [-0.1, -0.05) is 37.3 Å². The van der Waals surface area contributed by atoms with E-state index in [0.717, 1.165) is 5.88 Å². The van der Waals surface area contributed by atoms with Gasteiger partial charge in [0.1, 0.15) is 0 Å². The second kappa shape index (κ2) is 8.06. The standard InChI is InChI=1S/C13H19ClS/c1-12(11-14)15-10-6-5-9-13-7-3-2-4-8-13/h2-4,7-8,12H,5-6,9-11H2,1H3. The van der Waals surface area contributed by atoms with Gasteiger partial charge in [-0.3, -0.25) is 0 Å². The van der Waals surface area contributed by atoms with Gasteiger partial charge in [0.05, 0.1) is 0 Å². The molecule has 0 bridgehead atoms. The molecule has 1 unspecified atom stereocenters. The van der Waals surface area contributed by atoms with Gasteiger partial charge >= 0.3 is 0 Å². The van der Waals surface area contributed by atoms with Crippen LogP contribution in [0.1, 0.15) is 25.3 Å². The summed E-state index contributed by atoms with van der Waals surface area (Å²) in [6.07, 6.45) is 3.78. The molecule has 84 valence electrons. The van der Waals surface area contributed by atoms with Crippen LogP contribution in [0.4, 0.5) is 0 Å². The van der Waals surface area contributed by atoms with E-state index < -0.39 is 0 Å². The Hall–Kier alpha value is -0.140. The zero-order valence-corrected chi connectivity index (χ0v) is 10.9. The average Bonchev–Trinajstić information content (AvgIpc) is 2.29. The lowest BCUT2D eigenvalue weighted by Gasteiger charge is -2.06. The van der Waals surface area contributed by atoms with Crippen LogP contribution < -0.4 is 0 Å². The highest BCUT2D eigenvalue weighted by Gasteiger charge is 1.99. The van der Waals surface area contributed by atoms with Gasteiger partial charge in [0.15, 0.2) is 0 Å². The first kappa shape index (κ1) is 12.9. The smallest absolute Gasteiger partial charge is 0.0339 e. The zero-order chi connectivity index (χ0) is 10.9. The number of thioether (sulfide) groups is 1. The second-order valence-corrected chi connectivity index (χ2v) is 5.63. The van der Waals surface area contributed by atoms with Gasteiger partial charge in [0, 0.05) is 11.1 Å². The van der Waals surface area contributed by atoms with Crippen LogP contribution in [0.25, 0.3) is 0 Å². The van der Waals surface area contributed by atoms with Gasteiger partial charge in [-0.05, 0) is 30.6 Å². The molecule has 0 fully saturated rings. The summed E-state index contributed by atoms with van der Waals surface area (Å²) in [6, 6.07) is 10.7. The topological polar surface area (TPSA) is 0 Å². The predicted molar refractivity (Wildman–Crippen MR) is 72.0 cm³/mol. The van der Waals surface area contributed by atoms with Gasteiger partial charge < -0.3 is 0 Å². The minimum atomic E-state index is 0.600. The molecule has 15 heavy (non-hydrogen) atoms. The van der Waals surface area contributed by atoms with Crippen LogP contribution in [0, 0.1) is 0 Å². The van der Waals surface area contributed by atoms with Crippen LogP contribution in [-0.2, 0) is 6.42 Å². The molecule has 0 radical (unpaired) electrons. The van der Waals surface area contributed by atoms with Crippen LogP contribution in [0.15, 0.2) is 30.3 Å². The van der Waals surface area contributed by atoms with E-state index in [9.17, 15) is 0 Å². The predicted octanol–water partition coefficient (Wildman–Crippen LogP) is 4.37. The molecule has 0 heterocycles. The van der Waals surface area contributed by atoms with Crippen LogP contribution >= 0.6 is 23.4 Å². The van der Waals surface area contributed by atoms with Crippen molar-refractivity contribution in [2.24, 2.45) is 0 Å². The molecule has 0 aliphatic heterocycles. The molecule has 0 aliphatic carbocycles. The maximum absolute atomic E-state index is 5.74. The van der Waals surface area contributed by atoms with E-state index in [0.29, 0.717) is 5.25 Å². The third-order valence-electron chi connectivity index (χ3n) is 2.32. The first-order valence-electron chi connectivity index (χ1n) is 5.54. The van der Waals surface area contributed by atoms with E-state index in [4.69, 9.17) is 11.6 Å². The molecule has 0 aromatic heterocycles. The van der Waals surface area contributed by atoms with Gasteiger partial charge in [-0.15, -0.1) is 11.6 Å². The number of aryl methyl sites for hydroxylation is 1. The maximum Gasteiger partial charge on any atom is 0.0339 e. The van der Waals surface area contributed by atoms with E-state index >= 15 is 0 Å². The number of halogens is 1. The van der Waals surface area contributed by atoms with Crippen LogP contribution in [0.5, 0.6) is 0 Å². The van der Waals surface area contributed by atoms with Gasteiger partial charge in [-0.25, -0.2) is 0 Å². The Morgan fingerprint density at radius 2 is 1.93 bits per heavy atom. The van der Waals surface area contributed by atoms with E-state index in [1.165, 1.54) is 30.6 Å². The van der Waals surface area contributed by atoms with Gasteiger partial charge in [0.2, 0.25) is 0 Å². The Balaban J connectivity index is 2.03. The molecule has 0 aliphatic rings. The Kier molecular flexibility index (Phi) is 6.95. The van der Waals surface area contributed by atoms with Crippen molar-refractivity contribution < 1.29 is 0 Å². The van der Waals surface area contributed by atoms with Gasteiger partial charge in [0.25, 0.3) is 0 Å². The lowest BCUT2D eigenvalue weighted by atomic mass is 10.1. The molecule has 0 saturated carbocycles. The Bertz CT molecular complexity index is 248. The van der Waals surface area contributed by atoms with Crippen molar-refractivity contribution in [1.29, 1.82) is 0 Å². The molecular formula is C13H19ClS. The molecule has 1 aromatic carbocycles. The summed E-state index contributed by atoms with van der Waals surface area (Å²) in [6.45, 7) is 2.19. The average molecular weight is 243 g/mol. The highest BCUT2D eigenvalue weighted by atomic mass is 35.5. The molecule has 2 heteroatoms. The number of hydrogen-bond acceptors (Lipinski definition) is 1. The van der Waals surface area contributed by atoms with Crippen LogP contribution in [0.3, 0.4) is 0 Å². The third-order valence-corrected chi connectivity index (χ3v) is 4.23. The summed E-state index contributed by atoms with van der Waals surface area (Å²) in [4.78, 5) is 0. The van der Waals surface area contributed by atoms with E-state index in [1.54, 1.807) is 0 Å². The molecule has 0 saturated heterocycles. The molecule has 1 atom stereocenters. The SMILES string of the molecule is CC(CCl)SCCCCc1ccccc1. The quantitative estimate of drug-likeness (QED) is 0.506. The number of rotatable bonds is 7. The van der Waals surface area contributed by atoms with Crippen molar-refractivity contribution in [3.05, 3.63) is 35.9 Å². The zero-order valence-electron chi connectivity index (χ0n) is 9.29. The highest BCUT2D eigenvalue weighted by Crippen LogP contribution is 2.14. The normalized spacial score (nSPS) is 12.7. The van der Waals surface area contributed by atoms with Crippen molar-refractivity contribution in [2.75, 3.05) is 11.6 Å². The van der Waals surface area contributed by atoms with Crippen molar-refractivity contribution in [2.45, 2.75) is 31.4 Å². The summed E-state index contributed by atoms with van der Waals surface area (Å²) in [5, 5.41) is 0.600. The molecule has 1 rings (SSSR count). The van der Waals surface area contributed by atoms with Crippen molar-refractivity contribution in [3.8, 4) is 0 Å². The summed E-state index contributed by atoms with van der Waals surface area (Å²) in [5.74, 6) is 2.00.